The van der Waals surface area contributed by atoms with Gasteiger partial charge in [0.15, 0.2) is 0 Å². The minimum atomic E-state index is 0.832. The molecule has 2 aliphatic rings. The van der Waals surface area contributed by atoms with Gasteiger partial charge in [-0.05, 0) is 69.6 Å². The lowest BCUT2D eigenvalue weighted by Crippen LogP contribution is -2.45. The first kappa shape index (κ1) is 15.3. The Hall–Kier alpha value is -0.570. The highest BCUT2D eigenvalue weighted by molar-refractivity contribution is 6.30. The summed E-state index contributed by atoms with van der Waals surface area (Å²) in [4.78, 5) is 5.37. The standard InChI is InChI=1S/C18H27ClN2/c19-17-7-5-16(6-8-17)15-20-13-9-18(10-14-20)21-11-3-1-2-4-12-21/h5-8,18H,1-4,9-15H2. The second-order valence-electron chi connectivity index (χ2n) is 6.58. The lowest BCUT2D eigenvalue weighted by molar-refractivity contribution is 0.107. The predicted octanol–water partition coefficient (Wildman–Crippen LogP) is 4.18. The predicted molar refractivity (Wildman–Crippen MR) is 89.8 cm³/mol. The molecule has 0 N–H and O–H groups in total. The molecule has 1 aromatic carbocycles. The maximum atomic E-state index is 5.95. The van der Waals surface area contributed by atoms with Crippen LogP contribution in [0.25, 0.3) is 0 Å². The summed E-state index contributed by atoms with van der Waals surface area (Å²) < 4.78 is 0. The summed E-state index contributed by atoms with van der Waals surface area (Å²) in [5.74, 6) is 0. The molecule has 0 atom stereocenters. The number of halogens is 1. The van der Waals surface area contributed by atoms with Crippen molar-refractivity contribution in [1.82, 2.24) is 9.80 Å². The maximum absolute atomic E-state index is 5.95. The molecule has 3 heteroatoms. The van der Waals surface area contributed by atoms with Gasteiger partial charge in [0.05, 0.1) is 0 Å². The van der Waals surface area contributed by atoms with Crippen LogP contribution in [0, 0.1) is 0 Å². The van der Waals surface area contributed by atoms with E-state index < -0.39 is 0 Å². The van der Waals surface area contributed by atoms with E-state index in [1.165, 1.54) is 70.3 Å². The molecule has 0 saturated carbocycles. The van der Waals surface area contributed by atoms with Gasteiger partial charge in [-0.25, -0.2) is 0 Å². The molecule has 2 saturated heterocycles. The summed E-state index contributed by atoms with van der Waals surface area (Å²) >= 11 is 5.95. The van der Waals surface area contributed by atoms with Crippen molar-refractivity contribution in [3.8, 4) is 0 Å². The largest absolute Gasteiger partial charge is 0.300 e. The van der Waals surface area contributed by atoms with Crippen LogP contribution in [0.15, 0.2) is 24.3 Å². The molecule has 0 radical (unpaired) electrons. The van der Waals surface area contributed by atoms with Gasteiger partial charge in [-0.2, -0.15) is 0 Å². The molecule has 0 aromatic heterocycles. The lowest BCUT2D eigenvalue weighted by atomic mass is 10.0. The zero-order valence-electron chi connectivity index (χ0n) is 12.9. The van der Waals surface area contributed by atoms with Crippen LogP contribution in [0.1, 0.15) is 44.1 Å². The van der Waals surface area contributed by atoms with Gasteiger partial charge in [-0.1, -0.05) is 36.6 Å². The van der Waals surface area contributed by atoms with Gasteiger partial charge in [-0.3, -0.25) is 4.90 Å². The van der Waals surface area contributed by atoms with E-state index in [1.807, 2.05) is 12.1 Å². The molecular weight excluding hydrogens is 280 g/mol. The van der Waals surface area contributed by atoms with Crippen molar-refractivity contribution >= 4 is 11.6 Å². The smallest absolute Gasteiger partial charge is 0.0406 e. The Bertz CT molecular complexity index is 415. The first-order chi connectivity index (χ1) is 10.3. The Morgan fingerprint density at radius 1 is 0.857 bits per heavy atom. The topological polar surface area (TPSA) is 6.48 Å². The summed E-state index contributed by atoms with van der Waals surface area (Å²) in [5, 5.41) is 0.832. The Morgan fingerprint density at radius 2 is 1.48 bits per heavy atom. The summed E-state index contributed by atoms with van der Waals surface area (Å²) in [5.41, 5.74) is 1.38. The highest BCUT2D eigenvalue weighted by atomic mass is 35.5. The second kappa shape index (κ2) is 7.62. The van der Waals surface area contributed by atoms with E-state index >= 15 is 0 Å². The van der Waals surface area contributed by atoms with Crippen molar-refractivity contribution in [3.05, 3.63) is 34.9 Å². The van der Waals surface area contributed by atoms with Gasteiger partial charge < -0.3 is 4.90 Å². The maximum Gasteiger partial charge on any atom is 0.0406 e. The fraction of sp³-hybridized carbons (Fsp3) is 0.667. The number of nitrogens with zero attached hydrogens (tertiary/aromatic N) is 2. The molecule has 0 unspecified atom stereocenters. The van der Waals surface area contributed by atoms with Gasteiger partial charge >= 0.3 is 0 Å². The van der Waals surface area contributed by atoms with Gasteiger partial charge in [0.1, 0.15) is 0 Å². The van der Waals surface area contributed by atoms with Crippen LogP contribution in [0.3, 0.4) is 0 Å². The van der Waals surface area contributed by atoms with Crippen molar-refractivity contribution in [2.75, 3.05) is 26.2 Å². The SMILES string of the molecule is Clc1ccc(CN2CCC(N3CCCCCC3)CC2)cc1. The lowest BCUT2D eigenvalue weighted by Gasteiger charge is -2.38. The van der Waals surface area contributed by atoms with Crippen LogP contribution in [0.5, 0.6) is 0 Å². The molecule has 0 aliphatic carbocycles. The normalized spacial score (nSPS) is 23.1. The summed E-state index contributed by atoms with van der Waals surface area (Å²) in [6.07, 6.45) is 8.37. The van der Waals surface area contributed by atoms with Crippen molar-refractivity contribution in [1.29, 1.82) is 0 Å². The van der Waals surface area contributed by atoms with E-state index in [1.54, 1.807) is 0 Å². The number of hydrogen-bond donors (Lipinski definition) is 0. The number of hydrogen-bond acceptors (Lipinski definition) is 2. The zero-order valence-corrected chi connectivity index (χ0v) is 13.7. The van der Waals surface area contributed by atoms with E-state index in [9.17, 15) is 0 Å². The first-order valence-electron chi connectivity index (χ1n) is 8.52. The Labute approximate surface area is 134 Å². The minimum absolute atomic E-state index is 0.832. The van der Waals surface area contributed by atoms with Crippen molar-refractivity contribution in [2.45, 2.75) is 51.1 Å². The monoisotopic (exact) mass is 306 g/mol. The molecule has 2 fully saturated rings. The average Bonchev–Trinajstić information content (AvgIpc) is 2.80. The Kier molecular flexibility index (Phi) is 5.56. The van der Waals surface area contributed by atoms with Crippen LogP contribution in [-0.4, -0.2) is 42.0 Å². The van der Waals surface area contributed by atoms with Crippen LogP contribution in [0.4, 0.5) is 0 Å². The Morgan fingerprint density at radius 3 is 2.10 bits per heavy atom. The molecule has 0 bridgehead atoms. The first-order valence-corrected chi connectivity index (χ1v) is 8.90. The molecule has 1 aromatic rings. The van der Waals surface area contributed by atoms with Crippen molar-refractivity contribution in [3.63, 3.8) is 0 Å². The summed E-state index contributed by atoms with van der Waals surface area (Å²) in [7, 11) is 0. The van der Waals surface area contributed by atoms with E-state index in [0.29, 0.717) is 0 Å². The number of likely N-dealkylation sites (tertiary alicyclic amines) is 2. The van der Waals surface area contributed by atoms with Gasteiger partial charge in [0.2, 0.25) is 0 Å². The Balaban J connectivity index is 1.47. The molecular formula is C18H27ClN2. The third-order valence-corrected chi connectivity index (χ3v) is 5.29. The molecule has 116 valence electrons. The fourth-order valence-corrected chi connectivity index (χ4v) is 3.88. The molecule has 0 spiro atoms. The molecule has 2 heterocycles. The van der Waals surface area contributed by atoms with E-state index in [-0.39, 0.29) is 0 Å². The summed E-state index contributed by atoms with van der Waals surface area (Å²) in [6.45, 7) is 6.22. The number of benzene rings is 1. The van der Waals surface area contributed by atoms with Crippen LogP contribution in [0.2, 0.25) is 5.02 Å². The summed E-state index contributed by atoms with van der Waals surface area (Å²) in [6, 6.07) is 9.15. The van der Waals surface area contributed by atoms with E-state index in [0.717, 1.165) is 17.6 Å². The number of piperidine rings is 1. The van der Waals surface area contributed by atoms with E-state index in [4.69, 9.17) is 11.6 Å². The molecule has 0 amide bonds. The third-order valence-electron chi connectivity index (χ3n) is 5.03. The zero-order chi connectivity index (χ0) is 14.5. The van der Waals surface area contributed by atoms with Gasteiger partial charge in [0.25, 0.3) is 0 Å². The minimum Gasteiger partial charge on any atom is -0.300 e. The quantitative estimate of drug-likeness (QED) is 0.826. The van der Waals surface area contributed by atoms with Gasteiger partial charge in [0, 0.05) is 17.6 Å². The number of rotatable bonds is 3. The van der Waals surface area contributed by atoms with Crippen LogP contribution in [-0.2, 0) is 6.54 Å². The average molecular weight is 307 g/mol. The van der Waals surface area contributed by atoms with Crippen LogP contribution >= 0.6 is 11.6 Å². The second-order valence-corrected chi connectivity index (χ2v) is 7.02. The van der Waals surface area contributed by atoms with Crippen LogP contribution < -0.4 is 0 Å². The molecule has 21 heavy (non-hydrogen) atoms. The van der Waals surface area contributed by atoms with Crippen molar-refractivity contribution in [2.24, 2.45) is 0 Å². The molecule has 2 aliphatic heterocycles. The highest BCUT2D eigenvalue weighted by Crippen LogP contribution is 2.22. The molecule has 2 nitrogen and oxygen atoms in total. The fourth-order valence-electron chi connectivity index (χ4n) is 3.75. The molecule has 3 rings (SSSR count). The van der Waals surface area contributed by atoms with Gasteiger partial charge in [-0.15, -0.1) is 0 Å². The van der Waals surface area contributed by atoms with E-state index in [2.05, 4.69) is 21.9 Å². The van der Waals surface area contributed by atoms with Crippen molar-refractivity contribution < 1.29 is 0 Å². The highest BCUT2D eigenvalue weighted by Gasteiger charge is 2.24. The third kappa shape index (κ3) is 4.45.